The number of rotatable bonds is 2. The lowest BCUT2D eigenvalue weighted by molar-refractivity contribution is 0.966. The number of nitrogens with two attached hydrogens (primary N) is 1. The Labute approximate surface area is 100 Å². The van der Waals surface area contributed by atoms with Crippen molar-refractivity contribution in [3.05, 3.63) is 28.3 Å². The summed E-state index contributed by atoms with van der Waals surface area (Å²) in [5.74, 6) is 0. The maximum atomic E-state index is 5.66. The van der Waals surface area contributed by atoms with Crippen molar-refractivity contribution < 1.29 is 0 Å². The number of fused-ring (bicyclic) bond motifs is 1. The first kappa shape index (κ1) is 9.95. The quantitative estimate of drug-likeness (QED) is 0.759. The van der Waals surface area contributed by atoms with E-state index in [9.17, 15) is 0 Å². The SMILES string of the molecule is Cc1cnc(-c2cn3c(CN)csc3n2)s1. The molecule has 0 saturated carbocycles. The number of nitrogens with zero attached hydrogens (tertiary/aromatic N) is 3. The van der Waals surface area contributed by atoms with Gasteiger partial charge in [-0.1, -0.05) is 0 Å². The average molecular weight is 250 g/mol. The lowest BCUT2D eigenvalue weighted by Crippen LogP contribution is -1.98. The van der Waals surface area contributed by atoms with Crippen LogP contribution in [-0.4, -0.2) is 14.4 Å². The number of aryl methyl sites for hydroxylation is 1. The van der Waals surface area contributed by atoms with Gasteiger partial charge in [-0.3, -0.25) is 4.40 Å². The molecule has 3 heterocycles. The smallest absolute Gasteiger partial charge is 0.194 e. The van der Waals surface area contributed by atoms with Gasteiger partial charge in [-0.05, 0) is 6.92 Å². The van der Waals surface area contributed by atoms with Gasteiger partial charge in [-0.15, -0.1) is 22.7 Å². The van der Waals surface area contributed by atoms with E-state index in [1.165, 1.54) is 4.88 Å². The molecule has 0 saturated heterocycles. The Balaban J connectivity index is 2.15. The van der Waals surface area contributed by atoms with E-state index in [0.717, 1.165) is 21.4 Å². The van der Waals surface area contributed by atoms with E-state index in [1.54, 1.807) is 22.7 Å². The molecule has 16 heavy (non-hydrogen) atoms. The van der Waals surface area contributed by atoms with Crippen LogP contribution in [0.5, 0.6) is 0 Å². The third kappa shape index (κ3) is 1.46. The first-order valence-corrected chi connectivity index (χ1v) is 6.56. The summed E-state index contributed by atoms with van der Waals surface area (Å²) in [5, 5.41) is 3.01. The summed E-state index contributed by atoms with van der Waals surface area (Å²) in [6.45, 7) is 2.58. The molecule has 3 rings (SSSR count). The van der Waals surface area contributed by atoms with Crippen molar-refractivity contribution in [3.8, 4) is 10.7 Å². The minimum Gasteiger partial charge on any atom is -0.325 e. The lowest BCUT2D eigenvalue weighted by Gasteiger charge is -1.90. The summed E-state index contributed by atoms with van der Waals surface area (Å²) in [7, 11) is 0. The Morgan fingerprint density at radius 3 is 3.06 bits per heavy atom. The molecule has 0 atom stereocenters. The fraction of sp³-hybridized carbons (Fsp3) is 0.200. The van der Waals surface area contributed by atoms with Crippen molar-refractivity contribution in [2.45, 2.75) is 13.5 Å². The number of hydrogen-bond donors (Lipinski definition) is 1. The highest BCUT2D eigenvalue weighted by Crippen LogP contribution is 2.26. The lowest BCUT2D eigenvalue weighted by atomic mass is 10.5. The zero-order chi connectivity index (χ0) is 11.1. The predicted molar refractivity (Wildman–Crippen MR) is 66.8 cm³/mol. The first-order valence-electron chi connectivity index (χ1n) is 4.86. The monoisotopic (exact) mass is 250 g/mol. The van der Waals surface area contributed by atoms with Crippen LogP contribution in [0.3, 0.4) is 0 Å². The highest BCUT2D eigenvalue weighted by Gasteiger charge is 2.10. The molecular weight excluding hydrogens is 240 g/mol. The molecule has 0 fully saturated rings. The van der Waals surface area contributed by atoms with Crippen LogP contribution < -0.4 is 5.73 Å². The van der Waals surface area contributed by atoms with Gasteiger partial charge in [0, 0.05) is 34.9 Å². The average Bonchev–Trinajstić information content (AvgIpc) is 2.90. The van der Waals surface area contributed by atoms with Crippen LogP contribution in [0, 0.1) is 6.92 Å². The molecule has 3 aromatic rings. The van der Waals surface area contributed by atoms with E-state index < -0.39 is 0 Å². The van der Waals surface area contributed by atoms with Crippen molar-refractivity contribution in [1.29, 1.82) is 0 Å². The molecule has 0 aliphatic heterocycles. The van der Waals surface area contributed by atoms with Crippen LogP contribution >= 0.6 is 22.7 Å². The predicted octanol–water partition coefficient (Wildman–Crippen LogP) is 2.29. The first-order chi connectivity index (χ1) is 7.78. The van der Waals surface area contributed by atoms with E-state index in [-0.39, 0.29) is 0 Å². The number of imidazole rings is 1. The van der Waals surface area contributed by atoms with Gasteiger partial charge in [0.1, 0.15) is 10.7 Å². The molecule has 0 unspecified atom stereocenters. The Hall–Kier alpha value is -1.24. The second-order valence-corrected chi connectivity index (χ2v) is 5.56. The molecule has 0 aliphatic carbocycles. The Morgan fingerprint density at radius 2 is 2.38 bits per heavy atom. The van der Waals surface area contributed by atoms with Crippen molar-refractivity contribution in [1.82, 2.24) is 14.4 Å². The minimum atomic E-state index is 0.534. The van der Waals surface area contributed by atoms with Gasteiger partial charge in [-0.25, -0.2) is 9.97 Å². The maximum absolute atomic E-state index is 5.66. The molecular formula is C10H10N4S2. The van der Waals surface area contributed by atoms with Gasteiger partial charge in [0.2, 0.25) is 0 Å². The fourth-order valence-corrected chi connectivity index (χ4v) is 3.16. The summed E-state index contributed by atoms with van der Waals surface area (Å²) < 4.78 is 2.04. The summed E-state index contributed by atoms with van der Waals surface area (Å²) in [5.41, 5.74) is 7.68. The van der Waals surface area contributed by atoms with Crippen LogP contribution in [0.1, 0.15) is 10.6 Å². The van der Waals surface area contributed by atoms with Crippen LogP contribution in [0.25, 0.3) is 15.7 Å². The molecule has 0 bridgehead atoms. The molecule has 0 amide bonds. The maximum Gasteiger partial charge on any atom is 0.194 e. The molecule has 4 nitrogen and oxygen atoms in total. The van der Waals surface area contributed by atoms with Crippen molar-refractivity contribution >= 4 is 27.6 Å². The largest absolute Gasteiger partial charge is 0.325 e. The summed E-state index contributed by atoms with van der Waals surface area (Å²) in [6.07, 6.45) is 3.88. The fourth-order valence-electron chi connectivity index (χ4n) is 1.55. The number of hydrogen-bond acceptors (Lipinski definition) is 5. The molecule has 0 spiro atoms. The summed E-state index contributed by atoms with van der Waals surface area (Å²) >= 11 is 3.27. The molecule has 2 N–H and O–H groups in total. The van der Waals surface area contributed by atoms with E-state index >= 15 is 0 Å². The summed E-state index contributed by atoms with van der Waals surface area (Å²) in [4.78, 5) is 11.0. The standard InChI is InChI=1S/C10H10N4S2/c1-6-3-12-9(16-6)8-4-14-7(2-11)5-15-10(14)13-8/h3-5H,2,11H2,1H3. The molecule has 0 radical (unpaired) electrons. The molecule has 0 aliphatic rings. The van der Waals surface area contributed by atoms with Gasteiger partial charge in [0.05, 0.1) is 0 Å². The van der Waals surface area contributed by atoms with Crippen molar-refractivity contribution in [2.24, 2.45) is 5.73 Å². The highest BCUT2D eigenvalue weighted by atomic mass is 32.1. The van der Waals surface area contributed by atoms with Crippen LogP contribution in [0.15, 0.2) is 17.8 Å². The molecule has 6 heteroatoms. The Kier molecular flexibility index (Phi) is 2.27. The third-order valence-corrected chi connectivity index (χ3v) is 4.16. The van der Waals surface area contributed by atoms with Gasteiger partial charge in [0.15, 0.2) is 4.96 Å². The van der Waals surface area contributed by atoms with Crippen LogP contribution in [0.4, 0.5) is 0 Å². The Morgan fingerprint density at radius 1 is 1.50 bits per heavy atom. The second kappa shape index (κ2) is 3.65. The van der Waals surface area contributed by atoms with Gasteiger partial charge < -0.3 is 5.73 Å². The normalized spacial score (nSPS) is 11.4. The van der Waals surface area contributed by atoms with E-state index in [0.29, 0.717) is 6.54 Å². The number of aromatic nitrogens is 3. The molecule has 3 aromatic heterocycles. The third-order valence-electron chi connectivity index (χ3n) is 2.33. The van der Waals surface area contributed by atoms with E-state index in [1.807, 2.05) is 29.1 Å². The number of thiazole rings is 2. The van der Waals surface area contributed by atoms with Crippen LogP contribution in [0.2, 0.25) is 0 Å². The van der Waals surface area contributed by atoms with Gasteiger partial charge in [0.25, 0.3) is 0 Å². The zero-order valence-corrected chi connectivity index (χ0v) is 10.3. The van der Waals surface area contributed by atoms with Gasteiger partial charge in [-0.2, -0.15) is 0 Å². The topological polar surface area (TPSA) is 56.2 Å². The molecule has 82 valence electrons. The second-order valence-electron chi connectivity index (χ2n) is 3.49. The van der Waals surface area contributed by atoms with Gasteiger partial charge >= 0.3 is 0 Å². The van der Waals surface area contributed by atoms with Crippen molar-refractivity contribution in [2.75, 3.05) is 0 Å². The molecule has 0 aromatic carbocycles. The highest BCUT2D eigenvalue weighted by molar-refractivity contribution is 7.15. The Bertz CT molecular complexity index is 634. The van der Waals surface area contributed by atoms with E-state index in [2.05, 4.69) is 9.97 Å². The minimum absolute atomic E-state index is 0.534. The van der Waals surface area contributed by atoms with Crippen molar-refractivity contribution in [3.63, 3.8) is 0 Å². The van der Waals surface area contributed by atoms with Crippen LogP contribution in [-0.2, 0) is 6.54 Å². The summed E-state index contributed by atoms with van der Waals surface area (Å²) in [6, 6.07) is 0. The van der Waals surface area contributed by atoms with E-state index in [4.69, 9.17) is 5.73 Å². The zero-order valence-electron chi connectivity index (χ0n) is 8.67.